The van der Waals surface area contributed by atoms with Crippen molar-refractivity contribution in [2.45, 2.75) is 18.2 Å². The van der Waals surface area contributed by atoms with Crippen molar-refractivity contribution in [2.24, 2.45) is 0 Å². The molecule has 0 aliphatic heterocycles. The molecule has 1 heterocycles. The van der Waals surface area contributed by atoms with Crippen molar-refractivity contribution in [2.75, 3.05) is 18.2 Å². The Morgan fingerprint density at radius 3 is 3.10 bits per heavy atom. The molecular weight excluding hydrogens is 292 g/mol. The van der Waals surface area contributed by atoms with E-state index in [0.717, 1.165) is 16.5 Å². The number of nitrogens with zero attached hydrogens (tertiary/aromatic N) is 1. The maximum atomic E-state index is 11.4. The lowest BCUT2D eigenvalue weighted by Gasteiger charge is -2.04. The minimum atomic E-state index is -0.242. The largest absolute Gasteiger partial charge is 0.466 e. The van der Waals surface area contributed by atoms with Gasteiger partial charge in [0.15, 0.2) is 5.13 Å². The van der Waals surface area contributed by atoms with Crippen LogP contribution >= 0.6 is 23.1 Å². The van der Waals surface area contributed by atoms with Crippen LogP contribution in [0.15, 0.2) is 34.5 Å². The molecule has 0 unspecified atom stereocenters. The molecule has 1 N–H and O–H groups in total. The summed E-state index contributed by atoms with van der Waals surface area (Å²) in [7, 11) is 0. The fourth-order valence-electron chi connectivity index (χ4n) is 1.63. The molecule has 0 aliphatic rings. The van der Waals surface area contributed by atoms with Crippen molar-refractivity contribution < 1.29 is 9.53 Å². The van der Waals surface area contributed by atoms with Gasteiger partial charge in [-0.2, -0.15) is 0 Å². The van der Waals surface area contributed by atoms with Crippen molar-refractivity contribution >= 4 is 39.9 Å². The monoisotopic (exact) mass is 308 g/mol. The Bertz CT molecular complexity index is 584. The number of carbonyl (C=O) groups excluding carboxylic acids is 1. The van der Waals surface area contributed by atoms with Crippen molar-refractivity contribution in [3.63, 3.8) is 0 Å². The highest BCUT2D eigenvalue weighted by atomic mass is 32.2. The van der Waals surface area contributed by atoms with E-state index in [9.17, 15) is 4.79 Å². The van der Waals surface area contributed by atoms with E-state index >= 15 is 0 Å². The lowest BCUT2D eigenvalue weighted by molar-refractivity contribution is -0.142. The van der Waals surface area contributed by atoms with E-state index in [4.69, 9.17) is 4.74 Å². The summed E-state index contributed by atoms with van der Waals surface area (Å²) >= 11 is 3.18. The Hall–Kier alpha value is -1.53. The van der Waals surface area contributed by atoms with Crippen LogP contribution in [0.3, 0.4) is 0 Å². The van der Waals surface area contributed by atoms with E-state index < -0.39 is 0 Å². The molecule has 0 saturated carbocycles. The summed E-state index contributed by atoms with van der Waals surface area (Å²) in [5.41, 5.74) is 1.73. The van der Waals surface area contributed by atoms with Gasteiger partial charge in [0, 0.05) is 16.0 Å². The second-order valence-electron chi connectivity index (χ2n) is 3.98. The van der Waals surface area contributed by atoms with Crippen LogP contribution in [0.5, 0.6) is 0 Å². The fraction of sp³-hybridized carbons (Fsp3) is 0.286. The number of aromatic nitrogens is 1. The van der Waals surface area contributed by atoms with Crippen molar-refractivity contribution in [1.82, 2.24) is 4.98 Å². The lowest BCUT2D eigenvalue weighted by Crippen LogP contribution is -2.07. The predicted octanol–water partition coefficient (Wildman–Crippen LogP) is 3.71. The number of carbonyl (C=O) groups is 1. The number of hydrogen-bond donors (Lipinski definition) is 1. The van der Waals surface area contributed by atoms with Crippen molar-refractivity contribution in [1.29, 1.82) is 0 Å². The number of hydrogen-bond acceptors (Lipinski definition) is 6. The summed E-state index contributed by atoms with van der Waals surface area (Å²) in [6, 6.07) is 8.12. The molecule has 20 heavy (non-hydrogen) atoms. The normalized spacial score (nSPS) is 10.3. The number of esters is 1. The van der Waals surface area contributed by atoms with Gasteiger partial charge >= 0.3 is 5.97 Å². The summed E-state index contributed by atoms with van der Waals surface area (Å²) in [4.78, 5) is 17.0. The molecule has 0 amide bonds. The molecule has 1 aromatic heterocycles. The number of anilines is 2. The first-order chi connectivity index (χ1) is 9.71. The number of ether oxygens (including phenoxy) is 1. The summed E-state index contributed by atoms with van der Waals surface area (Å²) in [6.07, 6.45) is 2.26. The fourth-order valence-corrected chi connectivity index (χ4v) is 2.82. The molecule has 0 fully saturated rings. The van der Waals surface area contributed by atoms with Crippen LogP contribution in [-0.2, 0) is 16.0 Å². The van der Waals surface area contributed by atoms with Gasteiger partial charge in [-0.15, -0.1) is 23.1 Å². The Morgan fingerprint density at radius 2 is 2.35 bits per heavy atom. The number of rotatable bonds is 6. The molecule has 0 atom stereocenters. The third-order valence-corrected chi connectivity index (χ3v) is 4.04. The molecule has 0 bridgehead atoms. The quantitative estimate of drug-likeness (QED) is 0.651. The van der Waals surface area contributed by atoms with Gasteiger partial charge in [0.25, 0.3) is 0 Å². The van der Waals surface area contributed by atoms with Crippen LogP contribution in [0.25, 0.3) is 0 Å². The van der Waals surface area contributed by atoms with Crippen LogP contribution in [0.4, 0.5) is 10.8 Å². The van der Waals surface area contributed by atoms with Crippen LogP contribution in [-0.4, -0.2) is 23.8 Å². The zero-order valence-corrected chi connectivity index (χ0v) is 13.0. The Labute approximate surface area is 126 Å². The lowest BCUT2D eigenvalue weighted by atomic mass is 10.3. The summed E-state index contributed by atoms with van der Waals surface area (Å²) in [6.45, 7) is 2.19. The second kappa shape index (κ2) is 7.31. The molecule has 106 valence electrons. The Kier molecular flexibility index (Phi) is 5.43. The molecule has 0 aliphatic carbocycles. The summed E-state index contributed by atoms with van der Waals surface area (Å²) in [5.74, 6) is -0.242. The van der Waals surface area contributed by atoms with Crippen LogP contribution in [0.1, 0.15) is 12.6 Å². The molecule has 2 rings (SSSR count). The third kappa shape index (κ3) is 4.25. The highest BCUT2D eigenvalue weighted by Crippen LogP contribution is 2.24. The first-order valence-corrected chi connectivity index (χ1v) is 8.32. The van der Waals surface area contributed by atoms with Gasteiger partial charge in [0.1, 0.15) is 0 Å². The maximum Gasteiger partial charge on any atom is 0.311 e. The van der Waals surface area contributed by atoms with Gasteiger partial charge < -0.3 is 10.1 Å². The van der Waals surface area contributed by atoms with Gasteiger partial charge in [-0.25, -0.2) is 4.98 Å². The van der Waals surface area contributed by atoms with Gasteiger partial charge in [-0.3, -0.25) is 4.79 Å². The van der Waals surface area contributed by atoms with Gasteiger partial charge in [0.05, 0.1) is 18.7 Å². The molecule has 0 saturated heterocycles. The molecule has 4 nitrogen and oxygen atoms in total. The van der Waals surface area contributed by atoms with Crippen molar-refractivity contribution in [3.8, 4) is 0 Å². The molecule has 0 spiro atoms. The molecule has 6 heteroatoms. The topological polar surface area (TPSA) is 51.2 Å². The van der Waals surface area contributed by atoms with Crippen LogP contribution in [0.2, 0.25) is 0 Å². The maximum absolute atomic E-state index is 11.4. The summed E-state index contributed by atoms with van der Waals surface area (Å²) < 4.78 is 4.91. The SMILES string of the molecule is CCOC(=O)Cc1csc(Nc2cccc(SC)c2)n1. The number of thioether (sulfide) groups is 1. The first kappa shape index (κ1) is 14.9. The van der Waals surface area contributed by atoms with E-state index in [-0.39, 0.29) is 12.4 Å². The zero-order chi connectivity index (χ0) is 14.4. The molecule has 0 radical (unpaired) electrons. The first-order valence-electron chi connectivity index (χ1n) is 6.22. The number of nitrogens with one attached hydrogen (secondary N) is 1. The van der Waals surface area contributed by atoms with E-state index in [1.165, 1.54) is 16.2 Å². The predicted molar refractivity (Wildman–Crippen MR) is 84.0 cm³/mol. The van der Waals surface area contributed by atoms with E-state index in [0.29, 0.717) is 6.61 Å². The Balaban J connectivity index is 2.00. The molecular formula is C14H16N2O2S2. The van der Waals surface area contributed by atoms with Crippen LogP contribution in [0, 0.1) is 0 Å². The number of thiazole rings is 1. The zero-order valence-electron chi connectivity index (χ0n) is 11.4. The number of benzene rings is 1. The third-order valence-electron chi connectivity index (χ3n) is 2.50. The minimum Gasteiger partial charge on any atom is -0.466 e. The smallest absolute Gasteiger partial charge is 0.311 e. The minimum absolute atomic E-state index is 0.219. The molecule has 2 aromatic rings. The van der Waals surface area contributed by atoms with Gasteiger partial charge in [-0.1, -0.05) is 6.07 Å². The van der Waals surface area contributed by atoms with Gasteiger partial charge in [-0.05, 0) is 31.4 Å². The summed E-state index contributed by atoms with van der Waals surface area (Å²) in [5, 5.41) is 5.90. The molecule has 1 aromatic carbocycles. The van der Waals surface area contributed by atoms with Crippen LogP contribution < -0.4 is 5.32 Å². The Morgan fingerprint density at radius 1 is 1.50 bits per heavy atom. The van der Waals surface area contributed by atoms with Crippen molar-refractivity contribution in [3.05, 3.63) is 35.3 Å². The van der Waals surface area contributed by atoms with E-state index in [2.05, 4.69) is 22.4 Å². The second-order valence-corrected chi connectivity index (χ2v) is 5.72. The van der Waals surface area contributed by atoms with E-state index in [1.54, 1.807) is 18.7 Å². The average molecular weight is 308 g/mol. The van der Waals surface area contributed by atoms with E-state index in [1.807, 2.05) is 23.8 Å². The van der Waals surface area contributed by atoms with Gasteiger partial charge in [0.2, 0.25) is 0 Å². The highest BCUT2D eigenvalue weighted by Gasteiger charge is 2.08. The highest BCUT2D eigenvalue weighted by molar-refractivity contribution is 7.98. The average Bonchev–Trinajstić information content (AvgIpc) is 2.86. The standard InChI is InChI=1S/C14H16N2O2S2/c1-3-18-13(17)8-11-9-20-14(16-11)15-10-5-4-6-12(7-10)19-2/h4-7,9H,3,8H2,1-2H3,(H,15,16).